The van der Waals surface area contributed by atoms with Crippen LogP contribution in [0.5, 0.6) is 5.75 Å². The van der Waals surface area contributed by atoms with E-state index in [0.29, 0.717) is 17.5 Å². The quantitative estimate of drug-likeness (QED) is 0.393. The number of carbonyl (C=O) groups is 1. The highest BCUT2D eigenvalue weighted by molar-refractivity contribution is 5.85. The number of nitro benzene ring substituents is 1. The molecule has 2 rings (SSSR count). The van der Waals surface area contributed by atoms with Crippen molar-refractivity contribution >= 4 is 24.2 Å². The van der Waals surface area contributed by atoms with Crippen LogP contribution < -0.4 is 4.74 Å². The topological polar surface area (TPSA) is 92.9 Å². The Morgan fingerprint density at radius 1 is 1.55 bits per heavy atom. The number of ether oxygens (including phenoxy) is 1. The van der Waals surface area contributed by atoms with Crippen LogP contribution in [0.25, 0.3) is 0 Å². The number of likely N-dealkylation sites (tertiary alicyclic amines) is 1. The molecule has 122 valence electrons. The average molecular weight is 331 g/mol. The van der Waals surface area contributed by atoms with Crippen LogP contribution in [0.1, 0.15) is 36.9 Å². The summed E-state index contributed by atoms with van der Waals surface area (Å²) in [6, 6.07) is 2.65. The number of benzene rings is 1. The Hall–Kier alpha value is -1.86. The molecule has 0 radical (unpaired) electrons. The summed E-state index contributed by atoms with van der Waals surface area (Å²) in [5.41, 5.74) is 1.21. The first-order chi connectivity index (χ1) is 9.95. The Kier molecular flexibility index (Phi) is 6.13. The van der Waals surface area contributed by atoms with E-state index in [-0.39, 0.29) is 29.9 Å². The van der Waals surface area contributed by atoms with E-state index in [2.05, 4.69) is 4.90 Å². The van der Waals surface area contributed by atoms with Gasteiger partial charge in [0.05, 0.1) is 4.92 Å². The molecule has 1 atom stereocenters. The van der Waals surface area contributed by atoms with E-state index in [1.165, 1.54) is 12.1 Å². The van der Waals surface area contributed by atoms with E-state index in [9.17, 15) is 14.9 Å². The molecule has 1 unspecified atom stereocenters. The highest BCUT2D eigenvalue weighted by Gasteiger charge is 2.31. The van der Waals surface area contributed by atoms with Gasteiger partial charge in [0.1, 0.15) is 5.75 Å². The smallest absolute Gasteiger partial charge is 0.449 e. The van der Waals surface area contributed by atoms with Gasteiger partial charge in [0.15, 0.2) is 0 Å². The summed E-state index contributed by atoms with van der Waals surface area (Å²) in [5.74, 6) is 0.198. The average Bonchev–Trinajstić information content (AvgIpc) is 2.83. The highest BCUT2D eigenvalue weighted by Crippen LogP contribution is 2.41. The third-order valence-electron chi connectivity index (χ3n) is 3.89. The predicted octanol–water partition coefficient (Wildman–Crippen LogP) is 3.40. The SMILES string of the molecule is CCc1c([N+](=O)[O-])ccc(OC(=O)O)c1C1CCCN1C.Cl. The molecule has 1 heterocycles. The molecule has 0 saturated carbocycles. The molecule has 1 N–H and O–H groups in total. The van der Waals surface area contributed by atoms with Gasteiger partial charge >= 0.3 is 6.16 Å². The Labute approximate surface area is 134 Å². The normalized spacial score (nSPS) is 17.8. The summed E-state index contributed by atoms with van der Waals surface area (Å²) in [6.45, 7) is 2.70. The van der Waals surface area contributed by atoms with Crippen molar-refractivity contribution < 1.29 is 19.6 Å². The lowest BCUT2D eigenvalue weighted by molar-refractivity contribution is -0.385. The van der Waals surface area contributed by atoms with Crippen LogP contribution in [0.4, 0.5) is 10.5 Å². The van der Waals surface area contributed by atoms with Crippen LogP contribution in [0.15, 0.2) is 12.1 Å². The van der Waals surface area contributed by atoms with Crippen molar-refractivity contribution in [3.05, 3.63) is 33.4 Å². The van der Waals surface area contributed by atoms with E-state index >= 15 is 0 Å². The molecule has 1 aliphatic rings. The van der Waals surface area contributed by atoms with Crippen LogP contribution in [0, 0.1) is 10.1 Å². The standard InChI is InChI=1S/C14H18N2O5.ClH/c1-3-9-10(16(19)20)6-7-12(21-14(17)18)13(9)11-5-4-8-15(11)2;/h6-7,11H,3-5,8H2,1-2H3,(H,17,18);1H. The molecule has 0 spiro atoms. The molecule has 1 saturated heterocycles. The number of halogens is 1. The molecule has 1 fully saturated rings. The first-order valence-electron chi connectivity index (χ1n) is 6.86. The van der Waals surface area contributed by atoms with Gasteiger partial charge in [-0.15, -0.1) is 12.4 Å². The Morgan fingerprint density at radius 2 is 2.23 bits per heavy atom. The summed E-state index contributed by atoms with van der Waals surface area (Å²) in [5, 5.41) is 20.1. The van der Waals surface area contributed by atoms with Gasteiger partial charge in [-0.1, -0.05) is 6.92 Å². The van der Waals surface area contributed by atoms with Crippen molar-refractivity contribution in [3.8, 4) is 5.75 Å². The third-order valence-corrected chi connectivity index (χ3v) is 3.89. The van der Waals surface area contributed by atoms with Gasteiger partial charge in [-0.05, 0) is 38.9 Å². The zero-order chi connectivity index (χ0) is 15.6. The van der Waals surface area contributed by atoms with Crippen molar-refractivity contribution in [1.82, 2.24) is 4.90 Å². The minimum absolute atomic E-state index is 0. The van der Waals surface area contributed by atoms with Crippen LogP contribution in [-0.2, 0) is 6.42 Å². The minimum Gasteiger partial charge on any atom is -0.449 e. The molecule has 0 aliphatic carbocycles. The molecule has 0 aromatic heterocycles. The summed E-state index contributed by atoms with van der Waals surface area (Å²) >= 11 is 0. The largest absolute Gasteiger partial charge is 0.511 e. The highest BCUT2D eigenvalue weighted by atomic mass is 35.5. The molecule has 1 aromatic carbocycles. The van der Waals surface area contributed by atoms with E-state index in [0.717, 1.165) is 19.4 Å². The van der Waals surface area contributed by atoms with E-state index < -0.39 is 11.1 Å². The number of carboxylic acid groups (broad SMARTS) is 1. The minimum atomic E-state index is -1.41. The molecular weight excluding hydrogens is 312 g/mol. The Morgan fingerprint density at radius 3 is 2.68 bits per heavy atom. The number of nitro groups is 1. The summed E-state index contributed by atoms with van der Waals surface area (Å²) in [6.07, 6.45) is 0.847. The second kappa shape index (κ2) is 7.42. The number of hydrogen-bond acceptors (Lipinski definition) is 5. The molecule has 22 heavy (non-hydrogen) atoms. The second-order valence-electron chi connectivity index (χ2n) is 5.09. The van der Waals surface area contributed by atoms with Crippen molar-refractivity contribution in [2.24, 2.45) is 0 Å². The third kappa shape index (κ3) is 3.48. The van der Waals surface area contributed by atoms with Gasteiger partial charge < -0.3 is 9.84 Å². The summed E-state index contributed by atoms with van der Waals surface area (Å²) in [4.78, 5) is 23.7. The fourth-order valence-corrected chi connectivity index (χ4v) is 3.00. The lowest BCUT2D eigenvalue weighted by Gasteiger charge is -2.24. The van der Waals surface area contributed by atoms with Crippen LogP contribution in [-0.4, -0.2) is 34.7 Å². The van der Waals surface area contributed by atoms with Gasteiger partial charge in [0, 0.05) is 23.2 Å². The number of nitrogens with zero attached hydrogens (tertiary/aromatic N) is 2. The van der Waals surface area contributed by atoms with E-state index in [4.69, 9.17) is 9.84 Å². The number of hydrogen-bond donors (Lipinski definition) is 1. The molecule has 1 aromatic rings. The van der Waals surface area contributed by atoms with Crippen LogP contribution in [0.2, 0.25) is 0 Å². The van der Waals surface area contributed by atoms with Crippen molar-refractivity contribution in [2.45, 2.75) is 32.2 Å². The maximum Gasteiger partial charge on any atom is 0.511 e. The maximum absolute atomic E-state index is 11.2. The van der Waals surface area contributed by atoms with Gasteiger partial charge in [-0.25, -0.2) is 4.79 Å². The van der Waals surface area contributed by atoms with E-state index in [1.807, 2.05) is 14.0 Å². The lowest BCUT2D eigenvalue weighted by Crippen LogP contribution is -2.21. The molecule has 8 heteroatoms. The molecule has 1 aliphatic heterocycles. The summed E-state index contributed by atoms with van der Waals surface area (Å²) in [7, 11) is 1.93. The fourth-order valence-electron chi connectivity index (χ4n) is 3.00. The molecule has 7 nitrogen and oxygen atoms in total. The van der Waals surface area contributed by atoms with Gasteiger partial charge in [0.2, 0.25) is 0 Å². The lowest BCUT2D eigenvalue weighted by atomic mass is 9.94. The fraction of sp³-hybridized carbons (Fsp3) is 0.500. The van der Waals surface area contributed by atoms with Gasteiger partial charge in [-0.2, -0.15) is 0 Å². The predicted molar refractivity (Wildman–Crippen MR) is 83.0 cm³/mol. The van der Waals surface area contributed by atoms with Crippen molar-refractivity contribution in [3.63, 3.8) is 0 Å². The van der Waals surface area contributed by atoms with E-state index in [1.54, 1.807) is 0 Å². The second-order valence-corrected chi connectivity index (χ2v) is 5.09. The van der Waals surface area contributed by atoms with Crippen LogP contribution in [0.3, 0.4) is 0 Å². The first-order valence-corrected chi connectivity index (χ1v) is 6.86. The zero-order valence-corrected chi connectivity index (χ0v) is 13.3. The zero-order valence-electron chi connectivity index (χ0n) is 12.4. The Balaban J connectivity index is 0.00000242. The maximum atomic E-state index is 11.2. The van der Waals surface area contributed by atoms with Gasteiger partial charge in [0.25, 0.3) is 5.69 Å². The molecule has 0 amide bonds. The van der Waals surface area contributed by atoms with Gasteiger partial charge in [-0.3, -0.25) is 15.0 Å². The van der Waals surface area contributed by atoms with Crippen LogP contribution >= 0.6 is 12.4 Å². The monoisotopic (exact) mass is 330 g/mol. The first kappa shape index (κ1) is 18.2. The number of rotatable bonds is 4. The molecule has 0 bridgehead atoms. The molecular formula is C14H19ClN2O5. The summed E-state index contributed by atoms with van der Waals surface area (Å²) < 4.78 is 4.85. The Bertz CT molecular complexity index is 579. The van der Waals surface area contributed by atoms with Crippen molar-refractivity contribution in [1.29, 1.82) is 0 Å². The van der Waals surface area contributed by atoms with Crippen molar-refractivity contribution in [2.75, 3.05) is 13.6 Å².